The molecule has 2 bridgehead atoms. The fraction of sp³-hybridized carbons (Fsp3) is 0.480. The maximum atomic E-state index is 15.3. The molecule has 0 amide bonds. The number of piperidine rings is 3. The van der Waals surface area contributed by atoms with Crippen molar-refractivity contribution in [3.63, 3.8) is 0 Å². The smallest absolute Gasteiger partial charge is 0.318 e. The summed E-state index contributed by atoms with van der Waals surface area (Å²) in [4.78, 5) is 16.1. The van der Waals surface area contributed by atoms with Crippen LogP contribution in [0.2, 0.25) is 0 Å². The topological polar surface area (TPSA) is 56.1 Å². The fourth-order valence-corrected chi connectivity index (χ4v) is 5.18. The summed E-state index contributed by atoms with van der Waals surface area (Å²) in [5, 5.41) is 0. The van der Waals surface area contributed by atoms with E-state index in [1.54, 1.807) is 13.2 Å². The number of hydrogen-bond donors (Lipinski definition) is 0. The van der Waals surface area contributed by atoms with Gasteiger partial charge < -0.3 is 14.2 Å². The van der Waals surface area contributed by atoms with Crippen LogP contribution in [0.4, 0.5) is 4.39 Å². The van der Waals surface area contributed by atoms with Gasteiger partial charge in [0.2, 0.25) is 0 Å². The first kappa shape index (κ1) is 21.1. The van der Waals surface area contributed by atoms with E-state index in [9.17, 15) is 0 Å². The van der Waals surface area contributed by atoms with Crippen molar-refractivity contribution in [3.05, 3.63) is 52.2 Å². The largest absolute Gasteiger partial charge is 0.467 e. The van der Waals surface area contributed by atoms with E-state index in [4.69, 9.17) is 9.72 Å². The van der Waals surface area contributed by atoms with E-state index in [2.05, 4.69) is 20.9 Å². The third kappa shape index (κ3) is 3.79. The van der Waals surface area contributed by atoms with Crippen LogP contribution in [0.1, 0.15) is 55.3 Å². The van der Waals surface area contributed by atoms with Gasteiger partial charge in [0.1, 0.15) is 17.2 Å². The molecule has 3 aromatic rings. The summed E-state index contributed by atoms with van der Waals surface area (Å²) in [5.74, 6) is 1.70. The molecule has 0 radical (unpaired) electrons. The molecule has 2 aromatic heterocycles. The number of halogens is 1. The van der Waals surface area contributed by atoms with Crippen molar-refractivity contribution >= 4 is 17.2 Å². The first-order chi connectivity index (χ1) is 15.4. The van der Waals surface area contributed by atoms with Crippen molar-refractivity contribution in [2.75, 3.05) is 26.7 Å². The van der Waals surface area contributed by atoms with Crippen LogP contribution in [0.25, 0.3) is 17.2 Å². The second-order valence-electron chi connectivity index (χ2n) is 9.34. The van der Waals surface area contributed by atoms with Gasteiger partial charge in [0, 0.05) is 12.1 Å². The second-order valence-corrected chi connectivity index (χ2v) is 9.34. The summed E-state index contributed by atoms with van der Waals surface area (Å²) in [6, 6.07) is 6.09. The number of methoxy groups -OCH3 is 1. The van der Waals surface area contributed by atoms with Gasteiger partial charge >= 0.3 is 6.01 Å². The van der Waals surface area contributed by atoms with Gasteiger partial charge in [-0.1, -0.05) is 17.7 Å². The number of benzene rings is 1. The van der Waals surface area contributed by atoms with Crippen molar-refractivity contribution in [2.45, 2.75) is 46.1 Å². The van der Waals surface area contributed by atoms with Gasteiger partial charge in [-0.15, -0.1) is 0 Å². The van der Waals surface area contributed by atoms with Crippen molar-refractivity contribution in [3.8, 4) is 6.01 Å². The number of ether oxygens (including phenoxy) is 1. The van der Waals surface area contributed by atoms with E-state index in [0.717, 1.165) is 29.2 Å². The first-order valence-corrected chi connectivity index (χ1v) is 11.4. The summed E-state index contributed by atoms with van der Waals surface area (Å²) >= 11 is 0. The Balaban J connectivity index is 1.52. The van der Waals surface area contributed by atoms with Crippen molar-refractivity contribution in [1.29, 1.82) is 0 Å². The molecule has 3 aliphatic heterocycles. The summed E-state index contributed by atoms with van der Waals surface area (Å²) in [5.41, 5.74) is 4.98. The van der Waals surface area contributed by atoms with Crippen LogP contribution in [0.15, 0.2) is 23.8 Å². The normalized spacial score (nSPS) is 22.3. The molecule has 168 valence electrons. The molecule has 6 nitrogen and oxygen atoms in total. The Labute approximate surface area is 188 Å². The van der Waals surface area contributed by atoms with E-state index in [0.29, 0.717) is 35.1 Å². The molecule has 0 saturated carbocycles. The van der Waals surface area contributed by atoms with Gasteiger partial charge in [0.05, 0.1) is 19.3 Å². The molecule has 1 atom stereocenters. The molecule has 1 unspecified atom stereocenters. The van der Waals surface area contributed by atoms with E-state index >= 15 is 4.39 Å². The zero-order valence-electron chi connectivity index (χ0n) is 19.2. The van der Waals surface area contributed by atoms with E-state index < -0.39 is 0 Å². The van der Waals surface area contributed by atoms with E-state index in [-0.39, 0.29) is 11.8 Å². The molecule has 1 aromatic carbocycles. The number of imidazole rings is 1. The Morgan fingerprint density at radius 3 is 2.59 bits per heavy atom. The van der Waals surface area contributed by atoms with Crippen LogP contribution < -0.4 is 4.74 Å². The number of hydrogen-bond acceptors (Lipinski definition) is 5. The van der Waals surface area contributed by atoms with E-state index in [1.165, 1.54) is 25.9 Å². The van der Waals surface area contributed by atoms with Crippen LogP contribution in [0.3, 0.4) is 0 Å². The monoisotopic (exact) mass is 435 g/mol. The van der Waals surface area contributed by atoms with Gasteiger partial charge in [-0.25, -0.2) is 9.37 Å². The van der Waals surface area contributed by atoms with Crippen LogP contribution in [-0.2, 0) is 6.54 Å². The van der Waals surface area contributed by atoms with E-state index in [1.807, 2.05) is 37.5 Å². The molecule has 3 aliphatic rings. The summed E-state index contributed by atoms with van der Waals surface area (Å²) in [7, 11) is 1.55. The number of aromatic nitrogens is 4. The highest BCUT2D eigenvalue weighted by atomic mass is 19.1. The lowest BCUT2D eigenvalue weighted by molar-refractivity contribution is 0.0870. The molecule has 32 heavy (non-hydrogen) atoms. The molecule has 0 spiro atoms. The van der Waals surface area contributed by atoms with Crippen molar-refractivity contribution in [1.82, 2.24) is 24.4 Å². The lowest BCUT2D eigenvalue weighted by Crippen LogP contribution is -2.46. The van der Waals surface area contributed by atoms with Gasteiger partial charge in [-0.2, -0.15) is 9.97 Å². The van der Waals surface area contributed by atoms with Crippen LogP contribution in [0.5, 0.6) is 6.01 Å². The fourth-order valence-electron chi connectivity index (χ4n) is 5.18. The standard InChI is InChI=1S/C25H30FN5O/c1-15(2)11-22-28-23-16(3)27-25(32-4)29-24(23)31(22)13-19-6-5-18(12-21(19)26)20-14-30-9-7-17(20)8-10-30/h5-6,11-12,17,20H,7-10,13-14H2,1-4H3. The molecular weight excluding hydrogens is 405 g/mol. The summed E-state index contributed by atoms with van der Waals surface area (Å²) in [6.45, 7) is 9.70. The molecular formula is C25H30FN5O. The number of allylic oxidation sites excluding steroid dienone is 1. The lowest BCUT2D eigenvalue weighted by Gasteiger charge is -2.45. The molecule has 5 heterocycles. The number of nitrogens with zero attached hydrogens (tertiary/aromatic N) is 5. The number of aryl methyl sites for hydroxylation is 1. The minimum atomic E-state index is -0.165. The molecule has 3 saturated heterocycles. The highest BCUT2D eigenvalue weighted by Crippen LogP contribution is 2.39. The third-order valence-electron chi connectivity index (χ3n) is 6.87. The highest BCUT2D eigenvalue weighted by Gasteiger charge is 2.35. The average Bonchev–Trinajstić information content (AvgIpc) is 3.12. The number of rotatable bonds is 5. The highest BCUT2D eigenvalue weighted by molar-refractivity contribution is 5.76. The Kier molecular flexibility index (Phi) is 5.45. The minimum absolute atomic E-state index is 0.165. The maximum absolute atomic E-state index is 15.3. The average molecular weight is 436 g/mol. The van der Waals surface area contributed by atoms with Gasteiger partial charge in [-0.3, -0.25) is 0 Å². The molecule has 0 aliphatic carbocycles. The van der Waals surface area contributed by atoms with Gasteiger partial charge in [0.25, 0.3) is 0 Å². The predicted molar refractivity (Wildman–Crippen MR) is 123 cm³/mol. The van der Waals surface area contributed by atoms with Gasteiger partial charge in [-0.05, 0) is 76.2 Å². The first-order valence-electron chi connectivity index (χ1n) is 11.4. The molecule has 0 N–H and O–H groups in total. The molecule has 7 heteroatoms. The van der Waals surface area contributed by atoms with Crippen LogP contribution in [-0.4, -0.2) is 51.2 Å². The Morgan fingerprint density at radius 1 is 1.19 bits per heavy atom. The Bertz CT molecular complexity index is 1190. The summed E-state index contributed by atoms with van der Waals surface area (Å²) in [6.07, 6.45) is 4.44. The zero-order chi connectivity index (χ0) is 22.4. The van der Waals surface area contributed by atoms with Gasteiger partial charge in [0.15, 0.2) is 5.65 Å². The molecule has 3 fully saturated rings. The zero-order valence-corrected chi connectivity index (χ0v) is 19.2. The lowest BCUT2D eigenvalue weighted by atomic mass is 9.75. The SMILES string of the molecule is COc1nc(C)c2nc(C=C(C)C)n(Cc3ccc(C4CN5CCC4CC5)cc3F)c2n1. The second kappa shape index (κ2) is 8.28. The third-order valence-corrected chi connectivity index (χ3v) is 6.87. The quantitative estimate of drug-likeness (QED) is 0.588. The maximum Gasteiger partial charge on any atom is 0.318 e. The van der Waals surface area contributed by atoms with Crippen LogP contribution >= 0.6 is 0 Å². The Morgan fingerprint density at radius 2 is 1.97 bits per heavy atom. The Hall–Kier alpha value is -2.80. The van der Waals surface area contributed by atoms with Crippen molar-refractivity contribution < 1.29 is 9.13 Å². The van der Waals surface area contributed by atoms with Crippen molar-refractivity contribution in [2.24, 2.45) is 5.92 Å². The summed E-state index contributed by atoms with van der Waals surface area (Å²) < 4.78 is 22.6. The van der Waals surface area contributed by atoms with Crippen LogP contribution in [0, 0.1) is 18.7 Å². The molecule has 6 rings (SSSR count). The predicted octanol–water partition coefficient (Wildman–Crippen LogP) is 4.56. The minimum Gasteiger partial charge on any atom is -0.467 e. The number of fused-ring (bicyclic) bond motifs is 4.